The van der Waals surface area contributed by atoms with Crippen LogP contribution in [0.4, 0.5) is 18.9 Å². The normalized spacial score (nSPS) is 11.4. The van der Waals surface area contributed by atoms with Crippen molar-refractivity contribution < 1.29 is 22.8 Å². The van der Waals surface area contributed by atoms with E-state index in [1.807, 2.05) is 0 Å². The van der Waals surface area contributed by atoms with Gasteiger partial charge < -0.3 is 10.6 Å². The van der Waals surface area contributed by atoms with Crippen LogP contribution in [0.5, 0.6) is 0 Å². The van der Waals surface area contributed by atoms with Crippen LogP contribution in [0.25, 0.3) is 6.08 Å². The Morgan fingerprint density at radius 3 is 2.46 bits per heavy atom. The summed E-state index contributed by atoms with van der Waals surface area (Å²) >= 11 is 5.55. The largest absolute Gasteiger partial charge is 0.417 e. The number of hydrogen-bond donors (Lipinski definition) is 2. The van der Waals surface area contributed by atoms with Crippen LogP contribution in [-0.4, -0.2) is 18.9 Å². The molecule has 0 saturated carbocycles. The summed E-state index contributed by atoms with van der Waals surface area (Å²) in [4.78, 5) is 23.8. The Morgan fingerprint density at radius 1 is 1.12 bits per heavy atom. The Hall–Kier alpha value is -2.80. The molecule has 0 heterocycles. The summed E-state index contributed by atoms with van der Waals surface area (Å²) in [7, 11) is 1.46. The molecule has 0 aliphatic carbocycles. The van der Waals surface area contributed by atoms with Crippen LogP contribution in [0.3, 0.4) is 0 Å². The number of benzene rings is 2. The quantitative estimate of drug-likeness (QED) is 0.771. The van der Waals surface area contributed by atoms with Gasteiger partial charge in [-0.15, -0.1) is 0 Å². The molecule has 4 nitrogen and oxygen atoms in total. The molecule has 136 valence electrons. The lowest BCUT2D eigenvalue weighted by Gasteiger charge is -2.09. The van der Waals surface area contributed by atoms with Crippen molar-refractivity contribution in [3.8, 4) is 0 Å². The highest BCUT2D eigenvalue weighted by atomic mass is 35.5. The van der Waals surface area contributed by atoms with E-state index in [0.717, 1.165) is 18.2 Å². The van der Waals surface area contributed by atoms with Gasteiger partial charge in [0.25, 0.3) is 5.91 Å². The van der Waals surface area contributed by atoms with Gasteiger partial charge in [0.1, 0.15) is 0 Å². The van der Waals surface area contributed by atoms with Crippen molar-refractivity contribution in [3.05, 3.63) is 70.3 Å². The summed E-state index contributed by atoms with van der Waals surface area (Å²) in [6.07, 6.45) is -2.29. The lowest BCUT2D eigenvalue weighted by Crippen LogP contribution is -2.20. The van der Waals surface area contributed by atoms with Crippen LogP contribution >= 0.6 is 11.6 Å². The van der Waals surface area contributed by atoms with Crippen molar-refractivity contribution in [1.82, 2.24) is 5.32 Å². The monoisotopic (exact) mass is 382 g/mol. The molecular formula is C18H14ClF3N2O2. The van der Waals surface area contributed by atoms with Crippen LogP contribution in [-0.2, 0) is 11.0 Å². The molecule has 0 fully saturated rings. The standard InChI is InChI=1S/C18H14ClF3N2O2/c1-23-17(26)12-4-2-3-5-15(12)24-16(25)9-7-11-6-8-14(19)13(10-11)18(20,21)22/h2-10H,1H3,(H,23,26)(H,24,25)/b9-7+. The minimum Gasteiger partial charge on any atom is -0.355 e. The zero-order chi connectivity index (χ0) is 19.3. The van der Waals surface area contributed by atoms with Crippen molar-refractivity contribution >= 4 is 35.2 Å². The lowest BCUT2D eigenvalue weighted by molar-refractivity contribution is -0.137. The molecular weight excluding hydrogens is 369 g/mol. The fourth-order valence-electron chi connectivity index (χ4n) is 2.13. The SMILES string of the molecule is CNC(=O)c1ccccc1NC(=O)/C=C/c1ccc(Cl)c(C(F)(F)F)c1. The molecule has 26 heavy (non-hydrogen) atoms. The third kappa shape index (κ3) is 4.86. The van der Waals surface area contributed by atoms with Gasteiger partial charge in [-0.05, 0) is 35.9 Å². The number of halogens is 4. The maximum Gasteiger partial charge on any atom is 0.417 e. The van der Waals surface area contributed by atoms with Crippen molar-refractivity contribution in [2.75, 3.05) is 12.4 Å². The fourth-order valence-corrected chi connectivity index (χ4v) is 2.36. The molecule has 0 spiro atoms. The average Bonchev–Trinajstić information content (AvgIpc) is 2.60. The number of carbonyl (C=O) groups is 2. The minimum atomic E-state index is -4.59. The molecule has 0 radical (unpaired) electrons. The van der Waals surface area contributed by atoms with Crippen LogP contribution in [0.2, 0.25) is 5.02 Å². The maximum absolute atomic E-state index is 12.8. The smallest absolute Gasteiger partial charge is 0.355 e. The second-order valence-electron chi connectivity index (χ2n) is 5.18. The van der Waals surface area contributed by atoms with Crippen molar-refractivity contribution in [3.63, 3.8) is 0 Å². The molecule has 0 aromatic heterocycles. The second kappa shape index (κ2) is 8.05. The molecule has 0 aliphatic rings. The number of alkyl halides is 3. The summed E-state index contributed by atoms with van der Waals surface area (Å²) in [5.74, 6) is -0.970. The van der Waals surface area contributed by atoms with Gasteiger partial charge >= 0.3 is 6.18 Å². The molecule has 2 amide bonds. The molecule has 2 rings (SSSR count). The topological polar surface area (TPSA) is 58.2 Å². The van der Waals surface area contributed by atoms with Gasteiger partial charge in [-0.1, -0.05) is 29.8 Å². The number of anilines is 1. The van der Waals surface area contributed by atoms with Gasteiger partial charge in [0.05, 0.1) is 21.8 Å². The Morgan fingerprint density at radius 2 is 1.81 bits per heavy atom. The summed E-state index contributed by atoms with van der Waals surface area (Å²) in [6, 6.07) is 9.68. The highest BCUT2D eigenvalue weighted by Gasteiger charge is 2.33. The maximum atomic E-state index is 12.8. The molecule has 0 aliphatic heterocycles. The Kier molecular flexibility index (Phi) is 6.05. The number of nitrogens with one attached hydrogen (secondary N) is 2. The van der Waals surface area contributed by atoms with Crippen LogP contribution < -0.4 is 10.6 Å². The first-order chi connectivity index (χ1) is 12.2. The van der Waals surface area contributed by atoms with E-state index in [-0.39, 0.29) is 22.7 Å². The highest BCUT2D eigenvalue weighted by Crippen LogP contribution is 2.35. The van der Waals surface area contributed by atoms with Gasteiger partial charge in [-0.25, -0.2) is 0 Å². The number of para-hydroxylation sites is 1. The Balaban J connectivity index is 2.18. The first-order valence-electron chi connectivity index (χ1n) is 7.39. The van der Waals surface area contributed by atoms with Crippen LogP contribution in [0.15, 0.2) is 48.5 Å². The van der Waals surface area contributed by atoms with Crippen molar-refractivity contribution in [2.45, 2.75) is 6.18 Å². The third-order valence-corrected chi connectivity index (χ3v) is 3.71. The van der Waals surface area contributed by atoms with E-state index in [0.29, 0.717) is 0 Å². The van der Waals surface area contributed by atoms with E-state index in [1.165, 1.54) is 25.3 Å². The molecule has 0 atom stereocenters. The molecule has 0 unspecified atom stereocenters. The molecule has 0 bridgehead atoms. The van der Waals surface area contributed by atoms with Gasteiger partial charge in [0, 0.05) is 13.1 Å². The van der Waals surface area contributed by atoms with Gasteiger partial charge in [-0.3, -0.25) is 9.59 Å². The highest BCUT2D eigenvalue weighted by molar-refractivity contribution is 6.31. The van der Waals surface area contributed by atoms with Gasteiger partial charge in [-0.2, -0.15) is 13.2 Å². The van der Waals surface area contributed by atoms with Crippen LogP contribution in [0.1, 0.15) is 21.5 Å². The number of rotatable bonds is 4. The average molecular weight is 383 g/mol. The second-order valence-corrected chi connectivity index (χ2v) is 5.59. The van der Waals surface area contributed by atoms with Crippen molar-refractivity contribution in [1.29, 1.82) is 0 Å². The third-order valence-electron chi connectivity index (χ3n) is 3.38. The summed E-state index contributed by atoms with van der Waals surface area (Å²) < 4.78 is 38.5. The first kappa shape index (κ1) is 19.5. The number of amides is 2. The van der Waals surface area contributed by atoms with E-state index in [2.05, 4.69) is 10.6 Å². The van der Waals surface area contributed by atoms with Crippen LogP contribution in [0, 0.1) is 0 Å². The fraction of sp³-hybridized carbons (Fsp3) is 0.111. The predicted molar refractivity (Wildman–Crippen MR) is 93.9 cm³/mol. The summed E-state index contributed by atoms with van der Waals surface area (Å²) in [5.41, 5.74) is -0.265. The van der Waals surface area contributed by atoms with E-state index < -0.39 is 22.7 Å². The molecule has 0 saturated heterocycles. The Bertz CT molecular complexity index is 864. The molecule has 2 aromatic rings. The zero-order valence-electron chi connectivity index (χ0n) is 13.5. The molecule has 2 aromatic carbocycles. The van der Waals surface area contributed by atoms with E-state index in [9.17, 15) is 22.8 Å². The minimum absolute atomic E-state index is 0.163. The van der Waals surface area contributed by atoms with Crippen molar-refractivity contribution in [2.24, 2.45) is 0 Å². The Labute approximate surface area is 152 Å². The van der Waals surface area contributed by atoms with Gasteiger partial charge in [0.15, 0.2) is 0 Å². The van der Waals surface area contributed by atoms with E-state index in [1.54, 1.807) is 18.2 Å². The lowest BCUT2D eigenvalue weighted by atomic mass is 10.1. The molecule has 8 heteroatoms. The zero-order valence-corrected chi connectivity index (χ0v) is 14.3. The number of carbonyl (C=O) groups excluding carboxylic acids is 2. The van der Waals surface area contributed by atoms with E-state index >= 15 is 0 Å². The van der Waals surface area contributed by atoms with Gasteiger partial charge in [0.2, 0.25) is 5.91 Å². The summed E-state index contributed by atoms with van der Waals surface area (Å²) in [6.45, 7) is 0. The predicted octanol–water partition coefficient (Wildman–Crippen LogP) is 4.37. The van der Waals surface area contributed by atoms with E-state index in [4.69, 9.17) is 11.6 Å². The summed E-state index contributed by atoms with van der Waals surface area (Å²) in [5, 5.41) is 4.55. The number of hydrogen-bond acceptors (Lipinski definition) is 2. The first-order valence-corrected chi connectivity index (χ1v) is 7.77. The molecule has 2 N–H and O–H groups in total.